The number of nitrogens with zero attached hydrogens (tertiary/aromatic N) is 4. The molecule has 2 bridgehead atoms. The lowest BCUT2D eigenvalue weighted by atomic mass is 9.59. The number of fused-ring (bicyclic) bond motifs is 3. The van der Waals surface area contributed by atoms with Crippen LogP contribution in [0.1, 0.15) is 61.9 Å². The van der Waals surface area contributed by atoms with Crippen molar-refractivity contribution in [1.29, 1.82) is 15.8 Å². The van der Waals surface area contributed by atoms with E-state index in [9.17, 15) is 15.8 Å². The minimum absolute atomic E-state index is 0.122. The van der Waals surface area contributed by atoms with Crippen LogP contribution in [0, 0.1) is 34.0 Å². The summed E-state index contributed by atoms with van der Waals surface area (Å²) in [6.07, 6.45) is 0. The van der Waals surface area contributed by atoms with Gasteiger partial charge in [0.05, 0.1) is 34.9 Å². The molecule has 0 saturated carbocycles. The van der Waals surface area contributed by atoms with E-state index < -0.39 is 0 Å². The molecule has 5 nitrogen and oxygen atoms in total. The van der Waals surface area contributed by atoms with Gasteiger partial charge in [0.1, 0.15) is 11.2 Å². The van der Waals surface area contributed by atoms with E-state index in [1.54, 1.807) is 0 Å². The molecule has 58 heavy (non-hydrogen) atoms. The van der Waals surface area contributed by atoms with Crippen LogP contribution in [-0.4, -0.2) is 0 Å². The van der Waals surface area contributed by atoms with E-state index >= 15 is 0 Å². The molecule has 5 heteroatoms. The van der Waals surface area contributed by atoms with Crippen molar-refractivity contribution in [2.24, 2.45) is 0 Å². The van der Waals surface area contributed by atoms with Crippen molar-refractivity contribution in [2.75, 3.05) is 4.90 Å². The highest BCUT2D eigenvalue weighted by atomic mass is 16.3. The maximum atomic E-state index is 10.4. The molecule has 268 valence electrons. The Morgan fingerprint density at radius 1 is 0.397 bits per heavy atom. The van der Waals surface area contributed by atoms with Crippen LogP contribution in [-0.2, 0) is 0 Å². The highest BCUT2D eigenvalue weighted by molar-refractivity contribution is 6.06. The van der Waals surface area contributed by atoms with Gasteiger partial charge in [-0.15, -0.1) is 0 Å². The molecule has 9 aromatic rings. The zero-order valence-electron chi connectivity index (χ0n) is 31.0. The van der Waals surface area contributed by atoms with Gasteiger partial charge in [-0.25, -0.2) is 0 Å². The van der Waals surface area contributed by atoms with E-state index in [1.807, 2.05) is 60.7 Å². The second-order valence-corrected chi connectivity index (χ2v) is 15.0. The molecule has 0 fully saturated rings. The number of anilines is 3. The number of rotatable bonds is 5. The summed E-state index contributed by atoms with van der Waals surface area (Å²) >= 11 is 0. The Morgan fingerprint density at radius 2 is 0.948 bits per heavy atom. The second kappa shape index (κ2) is 13.0. The zero-order valence-corrected chi connectivity index (χ0v) is 31.0. The Bertz CT molecular complexity index is 3200. The predicted octanol–water partition coefficient (Wildman–Crippen LogP) is 13.0. The predicted molar refractivity (Wildman–Crippen MR) is 228 cm³/mol. The van der Waals surface area contributed by atoms with Gasteiger partial charge in [-0.3, -0.25) is 0 Å². The number of nitriles is 3. The van der Waals surface area contributed by atoms with E-state index in [-0.39, 0.29) is 11.8 Å². The third kappa shape index (κ3) is 5.07. The first kappa shape index (κ1) is 33.2. The number of hydrogen-bond acceptors (Lipinski definition) is 5. The van der Waals surface area contributed by atoms with Crippen molar-refractivity contribution < 1.29 is 4.42 Å². The summed E-state index contributed by atoms with van der Waals surface area (Å²) in [7, 11) is 0. The van der Waals surface area contributed by atoms with E-state index in [1.165, 1.54) is 0 Å². The van der Waals surface area contributed by atoms with Crippen LogP contribution < -0.4 is 4.90 Å². The molecule has 3 aliphatic rings. The summed E-state index contributed by atoms with van der Waals surface area (Å²) in [5.74, 6) is -0.330. The van der Waals surface area contributed by atoms with Gasteiger partial charge in [-0.1, -0.05) is 84.9 Å². The van der Waals surface area contributed by atoms with Gasteiger partial charge in [0, 0.05) is 45.7 Å². The summed E-state index contributed by atoms with van der Waals surface area (Å²) in [4.78, 5) is 2.25. The lowest BCUT2D eigenvalue weighted by Gasteiger charge is -2.43. The Hall–Kier alpha value is -8.17. The van der Waals surface area contributed by atoms with Crippen LogP contribution in [0.3, 0.4) is 0 Å². The summed E-state index contributed by atoms with van der Waals surface area (Å²) < 4.78 is 6.36. The summed E-state index contributed by atoms with van der Waals surface area (Å²) in [6.45, 7) is 0. The average molecular weight is 739 g/mol. The number of furan rings is 1. The SMILES string of the molecule is N#Cc1ccc2c(c1)C1c3cc(C#N)ccc3C2c2c(-c3ccc(N(c4ccc(-c5ccccc5)cc4)c4ccc5c(c4)oc4ccccc45)cc3)cc(C#N)cc21. The zero-order chi connectivity index (χ0) is 38.9. The van der Waals surface area contributed by atoms with Crippen molar-refractivity contribution in [3.05, 3.63) is 220 Å². The van der Waals surface area contributed by atoms with Crippen LogP contribution in [0.25, 0.3) is 44.2 Å². The van der Waals surface area contributed by atoms with E-state index in [2.05, 4.69) is 132 Å². The number of para-hydroxylation sites is 1. The number of benzene rings is 8. The van der Waals surface area contributed by atoms with Crippen LogP contribution in [0.4, 0.5) is 17.1 Å². The van der Waals surface area contributed by atoms with Crippen LogP contribution in [0.5, 0.6) is 0 Å². The molecular weight excluding hydrogens is 709 g/mol. The summed E-state index contributed by atoms with van der Waals surface area (Å²) in [5, 5.41) is 32.2. The van der Waals surface area contributed by atoms with Gasteiger partial charge in [0.2, 0.25) is 0 Å². The van der Waals surface area contributed by atoms with Crippen molar-refractivity contribution >= 4 is 39.0 Å². The highest BCUT2D eigenvalue weighted by Gasteiger charge is 2.43. The molecule has 3 aliphatic carbocycles. The molecule has 0 unspecified atom stereocenters. The lowest BCUT2D eigenvalue weighted by Crippen LogP contribution is -2.28. The molecule has 0 aliphatic heterocycles. The van der Waals surface area contributed by atoms with Gasteiger partial charge >= 0.3 is 0 Å². The third-order valence-corrected chi connectivity index (χ3v) is 11.9. The van der Waals surface area contributed by atoms with Gasteiger partial charge in [0.25, 0.3) is 0 Å². The second-order valence-electron chi connectivity index (χ2n) is 15.0. The maximum absolute atomic E-state index is 10.4. The summed E-state index contributed by atoms with van der Waals surface area (Å²) in [5.41, 5.74) is 17.3. The van der Waals surface area contributed by atoms with Crippen LogP contribution >= 0.6 is 0 Å². The van der Waals surface area contributed by atoms with Gasteiger partial charge in [0.15, 0.2) is 0 Å². The normalized spacial score (nSPS) is 14.5. The fraction of sp³-hybridized carbons (Fsp3) is 0.0377. The molecule has 0 atom stereocenters. The Kier molecular flexibility index (Phi) is 7.42. The lowest BCUT2D eigenvalue weighted by molar-refractivity contribution is 0.669. The first-order chi connectivity index (χ1) is 28.6. The molecule has 0 N–H and O–H groups in total. The third-order valence-electron chi connectivity index (χ3n) is 11.9. The van der Waals surface area contributed by atoms with Crippen molar-refractivity contribution in [3.8, 4) is 40.5 Å². The van der Waals surface area contributed by atoms with Crippen molar-refractivity contribution in [2.45, 2.75) is 11.8 Å². The smallest absolute Gasteiger partial charge is 0.137 e. The minimum Gasteiger partial charge on any atom is -0.456 e. The molecule has 1 heterocycles. The molecule has 0 amide bonds. The quantitative estimate of drug-likeness (QED) is 0.175. The maximum Gasteiger partial charge on any atom is 0.137 e. The average Bonchev–Trinajstić information content (AvgIpc) is 3.67. The first-order valence-electron chi connectivity index (χ1n) is 19.2. The van der Waals surface area contributed by atoms with Gasteiger partial charge in [-0.05, 0) is 134 Å². The molecular formula is C53H30N4O. The largest absolute Gasteiger partial charge is 0.456 e. The highest BCUT2D eigenvalue weighted by Crippen LogP contribution is 2.58. The van der Waals surface area contributed by atoms with E-state index in [0.717, 1.165) is 94.6 Å². The van der Waals surface area contributed by atoms with E-state index in [4.69, 9.17) is 4.42 Å². The Labute approximate surface area is 335 Å². The number of hydrogen-bond donors (Lipinski definition) is 0. The fourth-order valence-electron chi connectivity index (χ4n) is 9.36. The van der Waals surface area contributed by atoms with Gasteiger partial charge < -0.3 is 9.32 Å². The van der Waals surface area contributed by atoms with E-state index in [0.29, 0.717) is 16.7 Å². The van der Waals surface area contributed by atoms with Crippen LogP contribution in [0.15, 0.2) is 174 Å². The van der Waals surface area contributed by atoms with Crippen molar-refractivity contribution in [3.63, 3.8) is 0 Å². The molecule has 0 spiro atoms. The minimum atomic E-state index is -0.208. The molecule has 1 aromatic heterocycles. The van der Waals surface area contributed by atoms with Crippen molar-refractivity contribution in [1.82, 2.24) is 0 Å². The topological polar surface area (TPSA) is 87.8 Å². The monoisotopic (exact) mass is 738 g/mol. The Balaban J connectivity index is 1.06. The molecule has 8 aromatic carbocycles. The van der Waals surface area contributed by atoms with Gasteiger partial charge in [-0.2, -0.15) is 15.8 Å². The fourth-order valence-corrected chi connectivity index (χ4v) is 9.36. The molecule has 0 saturated heterocycles. The Morgan fingerprint density at radius 3 is 1.60 bits per heavy atom. The first-order valence-corrected chi connectivity index (χ1v) is 19.2. The standard InChI is InChI=1S/C53H30N4O/c54-29-32-10-21-43-46(24-32)51-47-25-33(30-55)11-22-44(47)52(43)53-45(26-34(31-56)27-48(51)53)37-14-18-39(19-15-37)57(38-16-12-36(13-17-38)35-6-2-1-3-7-35)40-20-23-42-41-8-4-5-9-49(41)58-50(42)28-40/h1-28,51-52H. The molecule has 0 radical (unpaired) electrons. The summed E-state index contributed by atoms with van der Waals surface area (Å²) in [6, 6.07) is 65.2. The molecule has 12 rings (SSSR count). The van der Waals surface area contributed by atoms with Crippen LogP contribution in [0.2, 0.25) is 0 Å².